The van der Waals surface area contributed by atoms with Gasteiger partial charge in [-0.25, -0.2) is 27.9 Å². The molecule has 5 heterocycles. The number of hydrogen-bond acceptors (Lipinski definition) is 6. The van der Waals surface area contributed by atoms with E-state index in [4.69, 9.17) is 0 Å². The van der Waals surface area contributed by atoms with E-state index in [9.17, 15) is 13.6 Å². The number of pyridine rings is 2. The van der Waals surface area contributed by atoms with Gasteiger partial charge in [0.05, 0.1) is 35.2 Å². The Balaban J connectivity index is 1.26. The summed E-state index contributed by atoms with van der Waals surface area (Å²) >= 11 is 0. The Hall–Kier alpha value is -4.67. The van der Waals surface area contributed by atoms with Crippen LogP contribution in [0.4, 0.5) is 20.2 Å². The lowest BCUT2D eigenvalue weighted by atomic mass is 10.0. The molecule has 4 aromatic heterocycles. The third-order valence-electron chi connectivity index (χ3n) is 6.26. The first-order valence-electron chi connectivity index (χ1n) is 11.4. The highest BCUT2D eigenvalue weighted by atomic mass is 19.1. The second-order valence-electron chi connectivity index (χ2n) is 8.53. The van der Waals surface area contributed by atoms with E-state index in [1.807, 2.05) is 12.1 Å². The van der Waals surface area contributed by atoms with Crippen LogP contribution >= 0.6 is 0 Å². The predicted molar refractivity (Wildman–Crippen MR) is 128 cm³/mol. The molecule has 6 rings (SSSR count). The Morgan fingerprint density at radius 2 is 1.89 bits per heavy atom. The fourth-order valence-corrected chi connectivity index (χ4v) is 4.63. The molecule has 1 saturated heterocycles. The molecule has 1 amide bonds. The number of halogens is 2. The van der Waals surface area contributed by atoms with Crippen molar-refractivity contribution in [1.82, 2.24) is 29.4 Å². The predicted octanol–water partition coefficient (Wildman–Crippen LogP) is 4.18. The van der Waals surface area contributed by atoms with Crippen molar-refractivity contribution < 1.29 is 13.6 Å². The SMILES string of the molecule is O=C(Nc1ccc(-n2cncn2)nc1)c1cnn2ccc(N3CCC[C@@H]3c3cc(F)cc(F)c3)cc12. The van der Waals surface area contributed by atoms with Crippen molar-refractivity contribution in [3.8, 4) is 5.82 Å². The fourth-order valence-electron chi connectivity index (χ4n) is 4.63. The number of amides is 1. The molecule has 0 unspecified atom stereocenters. The van der Waals surface area contributed by atoms with Crippen LogP contribution in [0.5, 0.6) is 0 Å². The molecule has 0 spiro atoms. The minimum absolute atomic E-state index is 0.160. The second kappa shape index (κ2) is 8.84. The van der Waals surface area contributed by atoms with Gasteiger partial charge in [0.25, 0.3) is 5.91 Å². The number of rotatable bonds is 5. The molecule has 1 aromatic carbocycles. The van der Waals surface area contributed by atoms with Gasteiger partial charge in [-0.05, 0) is 54.8 Å². The molecule has 11 heteroatoms. The molecule has 1 aliphatic rings. The first kappa shape index (κ1) is 21.8. The van der Waals surface area contributed by atoms with E-state index in [-0.39, 0.29) is 11.9 Å². The van der Waals surface area contributed by atoms with Crippen LogP contribution in [-0.2, 0) is 0 Å². The van der Waals surface area contributed by atoms with Crippen molar-refractivity contribution in [1.29, 1.82) is 0 Å². The molecule has 1 atom stereocenters. The number of anilines is 2. The van der Waals surface area contributed by atoms with Gasteiger partial charge in [-0.1, -0.05) is 0 Å². The summed E-state index contributed by atoms with van der Waals surface area (Å²) in [4.78, 5) is 23.4. The third kappa shape index (κ3) is 4.04. The van der Waals surface area contributed by atoms with Crippen molar-refractivity contribution in [2.24, 2.45) is 0 Å². The lowest BCUT2D eigenvalue weighted by Crippen LogP contribution is -2.23. The smallest absolute Gasteiger partial charge is 0.259 e. The van der Waals surface area contributed by atoms with E-state index in [1.165, 1.54) is 35.7 Å². The average Bonchev–Trinajstić information content (AvgIpc) is 3.64. The molecule has 1 N–H and O–H groups in total. The maximum absolute atomic E-state index is 13.9. The zero-order valence-electron chi connectivity index (χ0n) is 18.9. The minimum Gasteiger partial charge on any atom is -0.364 e. The van der Waals surface area contributed by atoms with Crippen molar-refractivity contribution in [3.05, 3.63) is 96.5 Å². The van der Waals surface area contributed by atoms with E-state index >= 15 is 0 Å². The summed E-state index contributed by atoms with van der Waals surface area (Å²) in [6, 6.07) is 10.7. The molecule has 5 aromatic rings. The zero-order chi connectivity index (χ0) is 24.6. The first-order chi connectivity index (χ1) is 17.5. The van der Waals surface area contributed by atoms with Crippen LogP contribution < -0.4 is 10.2 Å². The molecule has 0 aliphatic carbocycles. The van der Waals surface area contributed by atoms with Crippen LogP contribution in [-0.4, -0.2) is 41.8 Å². The van der Waals surface area contributed by atoms with Crippen LogP contribution in [0.2, 0.25) is 0 Å². The second-order valence-corrected chi connectivity index (χ2v) is 8.53. The number of nitrogens with one attached hydrogen (secondary N) is 1. The molecular formula is C25H20F2N8O. The Kier molecular flexibility index (Phi) is 5.36. The van der Waals surface area contributed by atoms with Gasteiger partial charge in [-0.15, -0.1) is 0 Å². The Bertz CT molecular complexity index is 1530. The molecule has 1 fully saturated rings. The van der Waals surface area contributed by atoms with Crippen LogP contribution in [0.1, 0.15) is 34.8 Å². The zero-order valence-corrected chi connectivity index (χ0v) is 18.9. The van der Waals surface area contributed by atoms with Gasteiger partial charge < -0.3 is 10.2 Å². The molecular weight excluding hydrogens is 466 g/mol. The molecule has 0 bridgehead atoms. The van der Waals surface area contributed by atoms with Crippen molar-refractivity contribution >= 4 is 22.8 Å². The summed E-state index contributed by atoms with van der Waals surface area (Å²) in [5, 5.41) is 11.2. The van der Waals surface area contributed by atoms with E-state index in [2.05, 4.69) is 30.4 Å². The Morgan fingerprint density at radius 1 is 1.03 bits per heavy atom. The monoisotopic (exact) mass is 486 g/mol. The summed E-state index contributed by atoms with van der Waals surface area (Å²) in [7, 11) is 0. The number of carbonyl (C=O) groups excluding carboxylic acids is 1. The van der Waals surface area contributed by atoms with Gasteiger partial charge in [0.2, 0.25) is 0 Å². The quantitative estimate of drug-likeness (QED) is 0.401. The highest BCUT2D eigenvalue weighted by Crippen LogP contribution is 2.37. The van der Waals surface area contributed by atoms with E-state index in [0.717, 1.165) is 31.1 Å². The Labute approximate surface area is 204 Å². The molecule has 0 saturated carbocycles. The average molecular weight is 486 g/mol. The topological polar surface area (TPSA) is 93.2 Å². The minimum atomic E-state index is -0.592. The summed E-state index contributed by atoms with van der Waals surface area (Å²) < 4.78 is 30.9. The number of fused-ring (bicyclic) bond motifs is 1. The van der Waals surface area contributed by atoms with Crippen LogP contribution in [0.15, 0.2) is 73.7 Å². The molecule has 0 radical (unpaired) electrons. The number of hydrogen-bond donors (Lipinski definition) is 1. The van der Waals surface area contributed by atoms with Gasteiger partial charge in [0.15, 0.2) is 5.82 Å². The highest BCUT2D eigenvalue weighted by Gasteiger charge is 2.28. The Morgan fingerprint density at radius 3 is 2.64 bits per heavy atom. The standard InChI is InChI=1S/C25H20F2N8O/c26-17-8-16(9-18(27)10-17)22-2-1-6-33(22)20-5-7-34-23(11-20)21(13-30-34)25(36)32-19-3-4-24(29-12-19)35-15-28-14-31-35/h3-5,7-15,22H,1-2,6H2,(H,32,36)/t22-/m1/s1. The van der Waals surface area contributed by atoms with Crippen LogP contribution in [0, 0.1) is 11.6 Å². The van der Waals surface area contributed by atoms with Crippen LogP contribution in [0.3, 0.4) is 0 Å². The third-order valence-corrected chi connectivity index (χ3v) is 6.26. The van der Waals surface area contributed by atoms with Gasteiger partial charge in [0.1, 0.15) is 24.3 Å². The van der Waals surface area contributed by atoms with Crippen molar-refractivity contribution in [2.75, 3.05) is 16.8 Å². The van der Waals surface area contributed by atoms with E-state index < -0.39 is 11.6 Å². The number of carbonyl (C=O) groups is 1. The van der Waals surface area contributed by atoms with Crippen molar-refractivity contribution in [3.63, 3.8) is 0 Å². The van der Waals surface area contributed by atoms with Gasteiger partial charge in [0, 0.05) is 24.5 Å². The fraction of sp³-hybridized carbons (Fsp3) is 0.160. The number of benzene rings is 1. The maximum Gasteiger partial charge on any atom is 0.259 e. The summed E-state index contributed by atoms with van der Waals surface area (Å²) in [5.41, 5.74) is 2.98. The summed E-state index contributed by atoms with van der Waals surface area (Å²) in [6.07, 6.45) is 9.44. The van der Waals surface area contributed by atoms with E-state index in [1.54, 1.807) is 29.0 Å². The number of nitrogens with zero attached hydrogens (tertiary/aromatic N) is 7. The molecule has 9 nitrogen and oxygen atoms in total. The maximum atomic E-state index is 13.9. The normalized spacial score (nSPS) is 15.5. The van der Waals surface area contributed by atoms with Crippen molar-refractivity contribution in [2.45, 2.75) is 18.9 Å². The highest BCUT2D eigenvalue weighted by molar-refractivity contribution is 6.09. The lowest BCUT2D eigenvalue weighted by molar-refractivity contribution is 0.102. The largest absolute Gasteiger partial charge is 0.364 e. The summed E-state index contributed by atoms with van der Waals surface area (Å²) in [6.45, 7) is 0.735. The summed E-state index contributed by atoms with van der Waals surface area (Å²) in [5.74, 6) is -0.941. The number of aromatic nitrogens is 6. The van der Waals surface area contributed by atoms with Crippen LogP contribution in [0.25, 0.3) is 11.3 Å². The molecule has 180 valence electrons. The van der Waals surface area contributed by atoms with Gasteiger partial charge >= 0.3 is 0 Å². The van der Waals surface area contributed by atoms with E-state index in [0.29, 0.717) is 28.1 Å². The first-order valence-corrected chi connectivity index (χ1v) is 11.4. The molecule has 36 heavy (non-hydrogen) atoms. The molecule has 1 aliphatic heterocycles. The van der Waals surface area contributed by atoms with Gasteiger partial charge in [-0.2, -0.15) is 10.2 Å². The van der Waals surface area contributed by atoms with Gasteiger partial charge in [-0.3, -0.25) is 4.79 Å². The lowest BCUT2D eigenvalue weighted by Gasteiger charge is -2.27.